The Labute approximate surface area is 166 Å². The summed E-state index contributed by atoms with van der Waals surface area (Å²) >= 11 is 0. The van der Waals surface area contributed by atoms with Crippen LogP contribution in [0, 0.1) is 0 Å². The fraction of sp³-hybridized carbons (Fsp3) is 0.391. The molecule has 2 aromatic rings. The molecule has 3 rings (SSSR count). The van der Waals surface area contributed by atoms with E-state index in [1.54, 1.807) is 19.2 Å². The molecular formula is C23H27NO4. The molecule has 0 aromatic heterocycles. The third-order valence-corrected chi connectivity index (χ3v) is 5.46. The molecule has 1 aliphatic carbocycles. The van der Waals surface area contributed by atoms with Gasteiger partial charge in [-0.15, -0.1) is 0 Å². The number of methoxy groups -OCH3 is 1. The Hall–Kier alpha value is -2.82. The molecule has 148 valence electrons. The number of nitrogens with one attached hydrogen (secondary N) is 1. The van der Waals surface area contributed by atoms with E-state index in [-0.39, 0.29) is 23.4 Å². The number of amides is 1. The van der Waals surface area contributed by atoms with Crippen molar-refractivity contribution >= 4 is 11.9 Å². The van der Waals surface area contributed by atoms with Gasteiger partial charge < -0.3 is 14.8 Å². The normalized spacial score (nSPS) is 21.6. The Morgan fingerprint density at radius 3 is 2.54 bits per heavy atom. The number of carbonyl (C=O) groups excluding carboxylic acids is 2. The van der Waals surface area contributed by atoms with Crippen LogP contribution in [-0.4, -0.2) is 31.6 Å². The number of ether oxygens (including phenoxy) is 2. The Bertz CT molecular complexity index is 820. The maximum absolute atomic E-state index is 12.8. The quantitative estimate of drug-likeness (QED) is 0.772. The van der Waals surface area contributed by atoms with Crippen LogP contribution in [0.25, 0.3) is 0 Å². The van der Waals surface area contributed by atoms with Gasteiger partial charge >= 0.3 is 5.97 Å². The van der Waals surface area contributed by atoms with E-state index in [0.29, 0.717) is 24.3 Å². The highest BCUT2D eigenvalue weighted by molar-refractivity contribution is 5.96. The summed E-state index contributed by atoms with van der Waals surface area (Å²) in [6.07, 6.45) is 3.30. The molecule has 28 heavy (non-hydrogen) atoms. The summed E-state index contributed by atoms with van der Waals surface area (Å²) in [6.45, 7) is 1.92. The van der Waals surface area contributed by atoms with Crippen molar-refractivity contribution in [2.24, 2.45) is 0 Å². The molecular weight excluding hydrogens is 354 g/mol. The smallest absolute Gasteiger partial charge is 0.302 e. The fourth-order valence-corrected chi connectivity index (χ4v) is 4.14. The largest absolute Gasteiger partial charge is 0.496 e. The minimum Gasteiger partial charge on any atom is -0.496 e. The molecule has 1 saturated carbocycles. The molecule has 0 bridgehead atoms. The van der Waals surface area contributed by atoms with Gasteiger partial charge in [-0.1, -0.05) is 42.5 Å². The van der Waals surface area contributed by atoms with Crippen molar-refractivity contribution in [2.75, 3.05) is 13.7 Å². The first kappa shape index (κ1) is 19.9. The first-order chi connectivity index (χ1) is 13.5. The number of hydrogen-bond acceptors (Lipinski definition) is 4. The molecule has 0 radical (unpaired) electrons. The highest BCUT2D eigenvalue weighted by Gasteiger charge is 2.39. The van der Waals surface area contributed by atoms with E-state index in [1.807, 2.05) is 30.3 Å². The zero-order chi connectivity index (χ0) is 20.0. The van der Waals surface area contributed by atoms with E-state index in [2.05, 4.69) is 17.4 Å². The number of rotatable bonds is 6. The second-order valence-electron chi connectivity index (χ2n) is 7.36. The van der Waals surface area contributed by atoms with Crippen LogP contribution in [-0.2, 0) is 14.9 Å². The van der Waals surface area contributed by atoms with Crippen molar-refractivity contribution in [3.8, 4) is 5.75 Å². The summed E-state index contributed by atoms with van der Waals surface area (Å²) in [5, 5.41) is 3.10. The molecule has 5 heteroatoms. The third-order valence-electron chi connectivity index (χ3n) is 5.46. The predicted molar refractivity (Wildman–Crippen MR) is 107 cm³/mol. The Balaban J connectivity index is 1.82. The van der Waals surface area contributed by atoms with Crippen LogP contribution in [0.3, 0.4) is 0 Å². The molecule has 0 unspecified atom stereocenters. The van der Waals surface area contributed by atoms with Gasteiger partial charge in [-0.2, -0.15) is 0 Å². The second kappa shape index (κ2) is 8.91. The van der Waals surface area contributed by atoms with Gasteiger partial charge in [0, 0.05) is 18.9 Å². The average molecular weight is 381 g/mol. The van der Waals surface area contributed by atoms with Gasteiger partial charge in [0.05, 0.1) is 12.7 Å². The number of esters is 1. The Morgan fingerprint density at radius 1 is 1.11 bits per heavy atom. The van der Waals surface area contributed by atoms with Crippen LogP contribution >= 0.6 is 0 Å². The van der Waals surface area contributed by atoms with Crippen molar-refractivity contribution in [3.63, 3.8) is 0 Å². The van der Waals surface area contributed by atoms with Gasteiger partial charge in [-0.25, -0.2) is 0 Å². The highest BCUT2D eigenvalue weighted by Crippen LogP contribution is 2.40. The summed E-state index contributed by atoms with van der Waals surface area (Å²) in [4.78, 5) is 24.3. The Morgan fingerprint density at radius 2 is 1.82 bits per heavy atom. The zero-order valence-corrected chi connectivity index (χ0v) is 16.4. The fourth-order valence-electron chi connectivity index (χ4n) is 4.14. The number of carbonyl (C=O) groups is 2. The van der Waals surface area contributed by atoms with Crippen molar-refractivity contribution in [1.82, 2.24) is 5.32 Å². The summed E-state index contributed by atoms with van der Waals surface area (Å²) in [5.41, 5.74) is 1.41. The van der Waals surface area contributed by atoms with Gasteiger partial charge in [-0.3, -0.25) is 9.59 Å². The molecule has 1 N–H and O–H groups in total. The minimum atomic E-state index is -0.267. The molecule has 5 nitrogen and oxygen atoms in total. The lowest BCUT2D eigenvalue weighted by atomic mass is 9.68. The van der Waals surface area contributed by atoms with E-state index in [1.165, 1.54) is 6.92 Å². The summed E-state index contributed by atoms with van der Waals surface area (Å²) in [6, 6.07) is 17.4. The lowest BCUT2D eigenvalue weighted by molar-refractivity contribution is -0.148. The third kappa shape index (κ3) is 4.53. The predicted octanol–water partition coefficient (Wildman–Crippen LogP) is 3.87. The first-order valence-corrected chi connectivity index (χ1v) is 9.68. The molecule has 1 fully saturated rings. The standard InChI is InChI=1S/C23H27NO4/c1-17(25)28-19-11-8-14-23(15-19,18-9-4-3-5-10-18)16-24-22(26)20-12-6-7-13-21(20)27-2/h3-7,9-10,12-13,19H,8,11,14-16H2,1-2H3,(H,24,26)/t19-,23-/m0/s1. The second-order valence-corrected chi connectivity index (χ2v) is 7.36. The zero-order valence-electron chi connectivity index (χ0n) is 16.4. The van der Waals surface area contributed by atoms with Crippen molar-refractivity contribution in [3.05, 3.63) is 65.7 Å². The van der Waals surface area contributed by atoms with Gasteiger partial charge in [0.15, 0.2) is 0 Å². The minimum absolute atomic E-state index is 0.130. The van der Waals surface area contributed by atoms with E-state index in [4.69, 9.17) is 9.47 Å². The van der Waals surface area contributed by atoms with Crippen molar-refractivity contribution < 1.29 is 19.1 Å². The SMILES string of the molecule is COc1ccccc1C(=O)NC[C@]1(c2ccccc2)CCC[C@H](OC(C)=O)C1. The van der Waals surface area contributed by atoms with Crippen LogP contribution in [0.4, 0.5) is 0 Å². The molecule has 1 amide bonds. The molecule has 0 heterocycles. The van der Waals surface area contributed by atoms with Gasteiger partial charge in [0.25, 0.3) is 5.91 Å². The number of benzene rings is 2. The van der Waals surface area contributed by atoms with E-state index >= 15 is 0 Å². The molecule has 0 aliphatic heterocycles. The lowest BCUT2D eigenvalue weighted by Crippen LogP contribution is -2.46. The van der Waals surface area contributed by atoms with Crippen LogP contribution in [0.15, 0.2) is 54.6 Å². The molecule has 2 aromatic carbocycles. The number of hydrogen-bond donors (Lipinski definition) is 1. The first-order valence-electron chi connectivity index (χ1n) is 9.68. The monoisotopic (exact) mass is 381 g/mol. The van der Waals surface area contributed by atoms with Gasteiger partial charge in [0.2, 0.25) is 0 Å². The Kier molecular flexibility index (Phi) is 6.34. The molecule has 2 atom stereocenters. The van der Waals surface area contributed by atoms with E-state index in [9.17, 15) is 9.59 Å². The van der Waals surface area contributed by atoms with Crippen LogP contribution < -0.4 is 10.1 Å². The van der Waals surface area contributed by atoms with Gasteiger partial charge in [-0.05, 0) is 43.4 Å². The topological polar surface area (TPSA) is 64.6 Å². The maximum atomic E-state index is 12.8. The molecule has 0 spiro atoms. The lowest BCUT2D eigenvalue weighted by Gasteiger charge is -2.41. The van der Waals surface area contributed by atoms with Gasteiger partial charge in [0.1, 0.15) is 11.9 Å². The van der Waals surface area contributed by atoms with Crippen LogP contribution in [0.1, 0.15) is 48.5 Å². The summed E-state index contributed by atoms with van der Waals surface area (Å²) in [5.74, 6) is 0.129. The highest BCUT2D eigenvalue weighted by atomic mass is 16.5. The van der Waals surface area contributed by atoms with Crippen LogP contribution in [0.2, 0.25) is 0 Å². The number of para-hydroxylation sites is 1. The summed E-state index contributed by atoms with van der Waals surface area (Å²) in [7, 11) is 1.56. The average Bonchev–Trinajstić information content (AvgIpc) is 2.72. The summed E-state index contributed by atoms with van der Waals surface area (Å²) < 4.78 is 10.8. The molecule has 1 aliphatic rings. The van der Waals surface area contributed by atoms with E-state index < -0.39 is 0 Å². The van der Waals surface area contributed by atoms with Crippen molar-refractivity contribution in [2.45, 2.75) is 44.1 Å². The van der Waals surface area contributed by atoms with Crippen LogP contribution in [0.5, 0.6) is 5.75 Å². The van der Waals surface area contributed by atoms with E-state index in [0.717, 1.165) is 24.8 Å². The maximum Gasteiger partial charge on any atom is 0.302 e. The van der Waals surface area contributed by atoms with Crippen molar-refractivity contribution in [1.29, 1.82) is 0 Å². The molecule has 0 saturated heterocycles.